The fourth-order valence-electron chi connectivity index (χ4n) is 3.55. The Morgan fingerprint density at radius 3 is 2.61 bits per heavy atom. The first-order valence-electron chi connectivity index (χ1n) is 9.03. The molecule has 0 unspecified atom stereocenters. The average Bonchev–Trinajstić information content (AvgIpc) is 3.34. The molecule has 2 aromatic rings. The molecule has 0 atom stereocenters. The van der Waals surface area contributed by atoms with E-state index in [1.807, 2.05) is 0 Å². The van der Waals surface area contributed by atoms with E-state index in [2.05, 4.69) is 16.4 Å². The lowest BCUT2D eigenvalue weighted by Crippen LogP contribution is -2.22. The van der Waals surface area contributed by atoms with Gasteiger partial charge < -0.3 is 16.2 Å². The fourth-order valence-corrected chi connectivity index (χ4v) is 4.75. The minimum absolute atomic E-state index is 0.124. The van der Waals surface area contributed by atoms with Crippen LogP contribution in [0.2, 0.25) is 0 Å². The number of primary amides is 1. The van der Waals surface area contributed by atoms with Crippen LogP contribution in [0.5, 0.6) is 0 Å². The Bertz CT molecular complexity index is 919. The number of carbonyl (C=O) groups excluding carboxylic acids is 2. The SMILES string of the molecule is CC(C)(O)c1ncc(SN)s1.NC(=O)Nc1c2c(cc3c1C(=O)CC3)CCC2. The zero-order chi connectivity index (χ0) is 20.5. The molecule has 2 aliphatic rings. The number of nitrogens with two attached hydrogens (primary N) is 2. The summed E-state index contributed by atoms with van der Waals surface area (Å²) in [6.07, 6.45) is 6.04. The monoisotopic (exact) mass is 420 g/mol. The van der Waals surface area contributed by atoms with E-state index in [0.717, 1.165) is 53.0 Å². The summed E-state index contributed by atoms with van der Waals surface area (Å²) in [7, 11) is 0. The Kier molecular flexibility index (Phi) is 6.09. The number of aromatic nitrogens is 1. The smallest absolute Gasteiger partial charge is 0.316 e. The molecule has 2 aliphatic carbocycles. The number of hydrogen-bond acceptors (Lipinski definition) is 7. The van der Waals surface area contributed by atoms with Crippen molar-refractivity contribution in [2.24, 2.45) is 10.9 Å². The van der Waals surface area contributed by atoms with Crippen molar-refractivity contribution in [3.63, 3.8) is 0 Å². The third-order valence-electron chi connectivity index (χ3n) is 4.75. The summed E-state index contributed by atoms with van der Waals surface area (Å²) >= 11 is 2.57. The lowest BCUT2D eigenvalue weighted by Gasteiger charge is -2.13. The molecule has 2 amide bonds. The molecule has 0 saturated heterocycles. The number of carbonyl (C=O) groups is 2. The van der Waals surface area contributed by atoms with Crippen LogP contribution in [-0.4, -0.2) is 21.9 Å². The Balaban J connectivity index is 0.000000178. The molecule has 0 bridgehead atoms. The van der Waals surface area contributed by atoms with Crippen molar-refractivity contribution in [1.29, 1.82) is 0 Å². The third kappa shape index (κ3) is 4.38. The van der Waals surface area contributed by atoms with Crippen molar-refractivity contribution in [1.82, 2.24) is 4.98 Å². The van der Waals surface area contributed by atoms with Gasteiger partial charge in [-0.05, 0) is 68.2 Å². The van der Waals surface area contributed by atoms with E-state index >= 15 is 0 Å². The van der Waals surface area contributed by atoms with Gasteiger partial charge in [0.15, 0.2) is 5.78 Å². The van der Waals surface area contributed by atoms with E-state index in [1.54, 1.807) is 20.0 Å². The summed E-state index contributed by atoms with van der Waals surface area (Å²) in [4.78, 5) is 27.0. The second kappa shape index (κ2) is 8.20. The number of anilines is 1. The van der Waals surface area contributed by atoms with E-state index in [1.165, 1.54) is 16.9 Å². The zero-order valence-electron chi connectivity index (χ0n) is 15.9. The summed E-state index contributed by atoms with van der Waals surface area (Å²) in [6, 6.07) is 1.54. The summed E-state index contributed by atoms with van der Waals surface area (Å²) in [5, 5.41) is 18.2. The van der Waals surface area contributed by atoms with Crippen molar-refractivity contribution in [3.05, 3.63) is 39.5 Å². The highest BCUT2D eigenvalue weighted by Crippen LogP contribution is 2.38. The number of ketones is 1. The van der Waals surface area contributed by atoms with Gasteiger partial charge >= 0.3 is 6.03 Å². The second-order valence-electron chi connectivity index (χ2n) is 7.35. The van der Waals surface area contributed by atoms with Crippen LogP contribution in [-0.2, 0) is 24.9 Å². The van der Waals surface area contributed by atoms with E-state index in [0.29, 0.717) is 22.7 Å². The molecule has 4 rings (SSSR count). The van der Waals surface area contributed by atoms with Crippen LogP contribution < -0.4 is 16.2 Å². The highest BCUT2D eigenvalue weighted by atomic mass is 32.2. The summed E-state index contributed by atoms with van der Waals surface area (Å²) in [5.41, 5.74) is 9.18. The predicted octanol–water partition coefficient (Wildman–Crippen LogP) is 3.13. The third-order valence-corrected chi connectivity index (χ3v) is 6.74. The first kappa shape index (κ1) is 20.8. The number of nitrogens with zero attached hydrogens (tertiary/aromatic N) is 1. The normalized spacial score (nSPS) is 14.9. The maximum absolute atomic E-state index is 11.9. The van der Waals surface area contributed by atoms with E-state index in [4.69, 9.17) is 10.9 Å². The van der Waals surface area contributed by atoms with Crippen molar-refractivity contribution >= 4 is 40.8 Å². The van der Waals surface area contributed by atoms with E-state index in [-0.39, 0.29) is 5.78 Å². The van der Waals surface area contributed by atoms with Crippen LogP contribution in [0.15, 0.2) is 16.5 Å². The zero-order valence-corrected chi connectivity index (χ0v) is 17.5. The number of Topliss-reactive ketones (excluding diaryl/α,β-unsaturated/α-hetero) is 1. The minimum Gasteiger partial charge on any atom is -0.383 e. The second-order valence-corrected chi connectivity index (χ2v) is 9.32. The number of thiazole rings is 1. The number of fused-ring (bicyclic) bond motifs is 2. The lowest BCUT2D eigenvalue weighted by atomic mass is 9.98. The fraction of sp³-hybridized carbons (Fsp3) is 0.421. The highest BCUT2D eigenvalue weighted by Gasteiger charge is 2.29. The topological polar surface area (TPSA) is 131 Å². The van der Waals surface area contributed by atoms with Gasteiger partial charge in [-0.25, -0.2) is 9.78 Å². The van der Waals surface area contributed by atoms with Crippen molar-refractivity contribution in [2.45, 2.75) is 55.8 Å². The molecule has 0 spiro atoms. The number of hydrogen-bond donors (Lipinski definition) is 4. The van der Waals surface area contributed by atoms with Gasteiger partial charge in [0.05, 0.1) is 16.1 Å². The van der Waals surface area contributed by atoms with Gasteiger partial charge in [-0.3, -0.25) is 9.93 Å². The lowest BCUT2D eigenvalue weighted by molar-refractivity contribution is 0.0782. The molecule has 0 aliphatic heterocycles. The number of aliphatic hydroxyl groups is 1. The van der Waals surface area contributed by atoms with Gasteiger partial charge in [0.2, 0.25) is 0 Å². The molecule has 1 aromatic carbocycles. The Labute approximate surface area is 172 Å². The number of benzene rings is 1. The number of amides is 2. The molecule has 0 saturated carbocycles. The molecular weight excluding hydrogens is 396 g/mol. The first-order chi connectivity index (χ1) is 13.2. The largest absolute Gasteiger partial charge is 0.383 e. The van der Waals surface area contributed by atoms with Gasteiger partial charge in [-0.1, -0.05) is 6.07 Å². The molecule has 150 valence electrons. The standard InChI is InChI=1S/C13H14N2O2.C6H10N2OS2/c14-13(17)15-12-9-3-1-2-7(9)6-8-4-5-10(16)11(8)12;1-6(2,9)5-8-3-4(10-5)11-7/h6H,1-5H2,(H3,14,15,17);3,9H,7H2,1-2H3. The first-order valence-corrected chi connectivity index (χ1v) is 10.7. The summed E-state index contributed by atoms with van der Waals surface area (Å²) in [5.74, 6) is 0.124. The van der Waals surface area contributed by atoms with E-state index in [9.17, 15) is 14.7 Å². The quantitative estimate of drug-likeness (QED) is 0.564. The van der Waals surface area contributed by atoms with Crippen molar-refractivity contribution < 1.29 is 14.7 Å². The van der Waals surface area contributed by atoms with Gasteiger partial charge in [-0.2, -0.15) is 0 Å². The van der Waals surface area contributed by atoms with Crippen LogP contribution in [0.3, 0.4) is 0 Å². The Morgan fingerprint density at radius 1 is 1.29 bits per heavy atom. The summed E-state index contributed by atoms with van der Waals surface area (Å²) in [6.45, 7) is 3.41. The average molecular weight is 421 g/mol. The molecule has 0 radical (unpaired) electrons. The molecule has 1 aromatic heterocycles. The van der Waals surface area contributed by atoms with Crippen molar-refractivity contribution in [2.75, 3.05) is 5.32 Å². The molecule has 28 heavy (non-hydrogen) atoms. The van der Waals surface area contributed by atoms with Gasteiger partial charge in [-0.15, -0.1) is 11.3 Å². The summed E-state index contributed by atoms with van der Waals surface area (Å²) < 4.78 is 0.919. The number of aryl methyl sites for hydroxylation is 2. The number of rotatable bonds is 3. The van der Waals surface area contributed by atoms with Gasteiger partial charge in [0.25, 0.3) is 0 Å². The maximum atomic E-state index is 11.9. The molecule has 1 heterocycles. The van der Waals surface area contributed by atoms with Crippen LogP contribution in [0.25, 0.3) is 0 Å². The van der Waals surface area contributed by atoms with Crippen LogP contribution in [0, 0.1) is 0 Å². The van der Waals surface area contributed by atoms with Crippen molar-refractivity contribution in [3.8, 4) is 0 Å². The van der Waals surface area contributed by atoms with E-state index < -0.39 is 11.6 Å². The van der Waals surface area contributed by atoms with Crippen LogP contribution in [0.4, 0.5) is 10.5 Å². The van der Waals surface area contributed by atoms with Gasteiger partial charge in [0, 0.05) is 12.0 Å². The maximum Gasteiger partial charge on any atom is 0.316 e. The predicted molar refractivity (Wildman–Crippen MR) is 112 cm³/mol. The Morgan fingerprint density at radius 2 is 2.04 bits per heavy atom. The molecule has 6 N–H and O–H groups in total. The molecule has 7 nitrogen and oxygen atoms in total. The number of nitrogens with one attached hydrogen (secondary N) is 1. The highest BCUT2D eigenvalue weighted by molar-refractivity contribution is 7.99. The van der Waals surface area contributed by atoms with Crippen LogP contribution >= 0.6 is 23.3 Å². The minimum atomic E-state index is -0.849. The Hall–Kier alpha value is -1.94. The molecular formula is C19H24N4O3S2. The van der Waals surface area contributed by atoms with Crippen LogP contribution in [0.1, 0.15) is 58.7 Å². The van der Waals surface area contributed by atoms with Gasteiger partial charge in [0.1, 0.15) is 10.6 Å². The number of urea groups is 1. The molecule has 9 heteroatoms. The molecule has 0 fully saturated rings.